The van der Waals surface area contributed by atoms with E-state index < -0.39 is 5.60 Å². The van der Waals surface area contributed by atoms with Gasteiger partial charge in [0.25, 0.3) is 0 Å². The molecule has 38 heavy (non-hydrogen) atoms. The molecule has 5 aliphatic rings. The van der Waals surface area contributed by atoms with E-state index in [2.05, 4.69) is 50.4 Å². The van der Waals surface area contributed by atoms with Gasteiger partial charge in [-0.15, -0.1) is 0 Å². The fourth-order valence-electron chi connectivity index (χ4n) is 9.43. The van der Waals surface area contributed by atoms with Gasteiger partial charge in [-0.25, -0.2) is 0 Å². The Bertz CT molecular complexity index is 1190. The van der Waals surface area contributed by atoms with Crippen molar-refractivity contribution in [1.82, 2.24) is 0 Å². The molecule has 5 nitrogen and oxygen atoms in total. The largest absolute Gasteiger partial charge is 0.504 e. The van der Waals surface area contributed by atoms with Gasteiger partial charge in [0.05, 0.1) is 39.4 Å². The molecule has 3 aliphatic carbocycles. The molecule has 2 saturated carbocycles. The van der Waals surface area contributed by atoms with Crippen LogP contribution >= 0.6 is 0 Å². The first kappa shape index (κ1) is 24.9. The molecule has 7 rings (SSSR count). The van der Waals surface area contributed by atoms with Crippen molar-refractivity contribution < 1.29 is 23.8 Å². The number of hydrogen-bond acceptors (Lipinski definition) is 4. The second-order valence-electron chi connectivity index (χ2n) is 13.3. The van der Waals surface area contributed by atoms with Crippen LogP contribution in [0.25, 0.3) is 0 Å². The minimum Gasteiger partial charge on any atom is -0.504 e. The number of ether oxygens (including phenoxy) is 3. The van der Waals surface area contributed by atoms with Crippen molar-refractivity contribution in [3.8, 4) is 11.5 Å². The number of rotatable bonds is 8. The summed E-state index contributed by atoms with van der Waals surface area (Å²) in [7, 11) is 4.42. The summed E-state index contributed by atoms with van der Waals surface area (Å²) in [6.07, 6.45) is 7.90. The number of nitrogens with zero attached hydrogens (tertiary/aromatic N) is 1. The molecule has 0 aromatic heterocycles. The fraction of sp³-hybridized carbons (Fsp3) is 0.636. The van der Waals surface area contributed by atoms with Gasteiger partial charge in [0.1, 0.15) is 11.7 Å². The number of fused-ring (bicyclic) bond motifs is 1. The van der Waals surface area contributed by atoms with E-state index in [1.54, 1.807) is 0 Å². The Morgan fingerprint density at radius 1 is 1.13 bits per heavy atom. The highest BCUT2D eigenvalue weighted by atomic mass is 16.6. The van der Waals surface area contributed by atoms with E-state index in [9.17, 15) is 5.11 Å². The number of methoxy groups -OCH3 is 1. The Labute approximate surface area is 227 Å². The number of quaternary nitrogens is 1. The van der Waals surface area contributed by atoms with Crippen LogP contribution < -0.4 is 4.74 Å². The molecule has 3 fully saturated rings. The minimum atomic E-state index is -0.448. The molecule has 7 atom stereocenters. The highest BCUT2D eigenvalue weighted by molar-refractivity contribution is 5.58. The second kappa shape index (κ2) is 8.97. The lowest BCUT2D eigenvalue weighted by atomic mass is 9.53. The number of aromatic hydroxyl groups is 1. The maximum atomic E-state index is 11.1. The number of likely N-dealkylation sites (tertiary alicyclic amines) is 1. The average molecular weight is 519 g/mol. The molecule has 0 radical (unpaired) electrons. The molecule has 1 N–H and O–H groups in total. The third-order valence-electron chi connectivity index (χ3n) is 11.5. The van der Waals surface area contributed by atoms with Gasteiger partial charge in [0, 0.05) is 48.7 Å². The van der Waals surface area contributed by atoms with Gasteiger partial charge in [-0.05, 0) is 49.3 Å². The van der Waals surface area contributed by atoms with Crippen molar-refractivity contribution in [3.05, 3.63) is 59.2 Å². The van der Waals surface area contributed by atoms with Crippen molar-refractivity contribution in [2.75, 3.05) is 33.9 Å². The molecular weight excluding hydrogens is 474 g/mol. The quantitative estimate of drug-likeness (QED) is 0.461. The van der Waals surface area contributed by atoms with Crippen LogP contribution in [0, 0.1) is 17.8 Å². The number of phenolic OH excluding ortho intramolecular Hbond substituents is 1. The summed E-state index contributed by atoms with van der Waals surface area (Å²) in [5.74, 6) is 2.71. The van der Waals surface area contributed by atoms with E-state index in [1.807, 2.05) is 13.2 Å². The van der Waals surface area contributed by atoms with E-state index in [4.69, 9.17) is 14.2 Å². The highest BCUT2D eigenvalue weighted by Gasteiger charge is 2.67. The Hall–Kier alpha value is -2.08. The molecule has 1 saturated heterocycles. The summed E-state index contributed by atoms with van der Waals surface area (Å²) >= 11 is 0. The molecule has 2 aliphatic heterocycles. The molecule has 2 aromatic carbocycles. The van der Waals surface area contributed by atoms with Gasteiger partial charge in [0.2, 0.25) is 0 Å². The topological polar surface area (TPSA) is 47.9 Å². The molecule has 2 aromatic rings. The normalized spacial score (nSPS) is 38.8. The Balaban J connectivity index is 1.32. The van der Waals surface area contributed by atoms with Crippen LogP contribution in [-0.4, -0.2) is 61.2 Å². The SMILES string of the molecule is CC[C@@]1(OC)[C@@H](COCc2ccccc2)CC2[C@H]3Cc4ccc(O)c5c4[C@@]2(CC[N+]3(C)CC2CC2)C[C@H]1O5. The predicted molar refractivity (Wildman–Crippen MR) is 147 cm³/mol. The lowest BCUT2D eigenvalue weighted by molar-refractivity contribution is -0.946. The Morgan fingerprint density at radius 3 is 2.68 bits per heavy atom. The summed E-state index contributed by atoms with van der Waals surface area (Å²) in [5.41, 5.74) is 3.55. The van der Waals surface area contributed by atoms with Crippen LogP contribution in [0.1, 0.15) is 62.1 Å². The van der Waals surface area contributed by atoms with Gasteiger partial charge in [-0.3, -0.25) is 0 Å². The summed E-state index contributed by atoms with van der Waals surface area (Å²) in [5, 5.41) is 11.1. The lowest BCUT2D eigenvalue weighted by Gasteiger charge is -2.61. The first-order valence-electron chi connectivity index (χ1n) is 15.0. The average Bonchev–Trinajstić information content (AvgIpc) is 3.75. The van der Waals surface area contributed by atoms with Crippen LogP contribution in [0.15, 0.2) is 42.5 Å². The van der Waals surface area contributed by atoms with Crippen molar-refractivity contribution in [2.24, 2.45) is 17.8 Å². The zero-order valence-electron chi connectivity index (χ0n) is 23.3. The second-order valence-corrected chi connectivity index (χ2v) is 13.3. The van der Waals surface area contributed by atoms with E-state index in [0.29, 0.717) is 30.9 Å². The van der Waals surface area contributed by atoms with Crippen molar-refractivity contribution in [1.29, 1.82) is 0 Å². The summed E-state index contributed by atoms with van der Waals surface area (Å²) in [6.45, 7) is 6.06. The fourth-order valence-corrected chi connectivity index (χ4v) is 9.43. The highest BCUT2D eigenvalue weighted by Crippen LogP contribution is 2.65. The lowest BCUT2D eigenvalue weighted by Crippen LogP contribution is -2.69. The van der Waals surface area contributed by atoms with Gasteiger partial charge >= 0.3 is 0 Å². The van der Waals surface area contributed by atoms with Crippen LogP contribution in [0.5, 0.6) is 11.5 Å². The first-order valence-corrected chi connectivity index (χ1v) is 15.0. The molecule has 5 heteroatoms. The van der Waals surface area contributed by atoms with Crippen LogP contribution in [-0.2, 0) is 27.9 Å². The zero-order chi connectivity index (χ0) is 26.1. The van der Waals surface area contributed by atoms with Crippen LogP contribution in [0.2, 0.25) is 0 Å². The number of piperidine rings is 1. The summed E-state index contributed by atoms with van der Waals surface area (Å²) in [4.78, 5) is 0. The van der Waals surface area contributed by atoms with Gasteiger partial charge in [-0.1, -0.05) is 43.3 Å². The standard InChI is InChI=1S/C33H43NO4/c1-4-33(36-3)25(21-37-20-23-8-6-5-7-9-23)17-26-27-16-24-12-13-28(35)31-30(24)32(26,18-29(33)38-31)14-15-34(27,2)19-22-10-11-22/h5-9,12-13,22,25-27,29H,4,10-11,14-21H2,1-3H3/p+1/t25-,26?,27-,29-,32+,33-,34?/m1/s1. The van der Waals surface area contributed by atoms with E-state index in [-0.39, 0.29) is 17.4 Å². The van der Waals surface area contributed by atoms with E-state index in [1.165, 1.54) is 53.5 Å². The predicted octanol–water partition coefficient (Wildman–Crippen LogP) is 5.61. The van der Waals surface area contributed by atoms with Gasteiger partial charge < -0.3 is 23.8 Å². The van der Waals surface area contributed by atoms with E-state index >= 15 is 0 Å². The maximum absolute atomic E-state index is 11.1. The number of likely N-dealkylation sites (N-methyl/N-ethyl adjacent to an activating group) is 1. The molecule has 204 valence electrons. The third kappa shape index (κ3) is 3.61. The molecule has 0 amide bonds. The maximum Gasteiger partial charge on any atom is 0.165 e. The smallest absolute Gasteiger partial charge is 0.165 e. The summed E-state index contributed by atoms with van der Waals surface area (Å²) < 4.78 is 21.1. The molecule has 1 spiro atoms. The van der Waals surface area contributed by atoms with Crippen LogP contribution in [0.4, 0.5) is 0 Å². The number of hydrogen-bond donors (Lipinski definition) is 1. The van der Waals surface area contributed by atoms with Crippen molar-refractivity contribution >= 4 is 0 Å². The number of phenols is 1. The molecule has 2 unspecified atom stereocenters. The Morgan fingerprint density at radius 2 is 1.95 bits per heavy atom. The summed E-state index contributed by atoms with van der Waals surface area (Å²) in [6, 6.07) is 15.2. The minimum absolute atomic E-state index is 0.0453. The molecule has 3 bridgehead atoms. The number of benzene rings is 2. The van der Waals surface area contributed by atoms with Crippen LogP contribution in [0.3, 0.4) is 0 Å². The van der Waals surface area contributed by atoms with Crippen molar-refractivity contribution in [3.63, 3.8) is 0 Å². The van der Waals surface area contributed by atoms with Crippen molar-refractivity contribution in [2.45, 2.75) is 81.6 Å². The Kier molecular flexibility index (Phi) is 5.88. The molecule has 2 heterocycles. The van der Waals surface area contributed by atoms with Gasteiger partial charge in [-0.2, -0.15) is 0 Å². The molecular formula is C33H44NO4+. The monoisotopic (exact) mass is 518 g/mol. The third-order valence-corrected chi connectivity index (χ3v) is 11.5. The first-order chi connectivity index (χ1) is 18.4. The van der Waals surface area contributed by atoms with E-state index in [0.717, 1.165) is 37.4 Å². The zero-order valence-corrected chi connectivity index (χ0v) is 23.3. The van der Waals surface area contributed by atoms with Gasteiger partial charge in [0.15, 0.2) is 11.5 Å².